The standard InChI is InChI=1S/C22H26N2O3S/c1-14(21-15(2)24-22(28-21)17-9-7-6-8-10-17)23-13-16-11-18(25-3)20(27-5)19(12-16)26-4/h6-12,14,23H,13H2,1-5H3. The summed E-state index contributed by atoms with van der Waals surface area (Å²) in [6.07, 6.45) is 0. The highest BCUT2D eigenvalue weighted by Crippen LogP contribution is 2.38. The molecule has 148 valence electrons. The number of ether oxygens (including phenoxy) is 3. The molecule has 28 heavy (non-hydrogen) atoms. The second kappa shape index (κ2) is 9.08. The van der Waals surface area contributed by atoms with Gasteiger partial charge in [0.1, 0.15) is 5.01 Å². The Labute approximate surface area is 170 Å². The molecule has 0 fully saturated rings. The van der Waals surface area contributed by atoms with Gasteiger partial charge < -0.3 is 19.5 Å². The van der Waals surface area contributed by atoms with Crippen LogP contribution in [0.15, 0.2) is 42.5 Å². The minimum Gasteiger partial charge on any atom is -0.493 e. The van der Waals surface area contributed by atoms with Gasteiger partial charge in [0.15, 0.2) is 11.5 Å². The van der Waals surface area contributed by atoms with Crippen LogP contribution in [0.4, 0.5) is 0 Å². The van der Waals surface area contributed by atoms with E-state index in [0.717, 1.165) is 21.8 Å². The summed E-state index contributed by atoms with van der Waals surface area (Å²) >= 11 is 1.73. The lowest BCUT2D eigenvalue weighted by Gasteiger charge is -2.16. The van der Waals surface area contributed by atoms with E-state index in [1.165, 1.54) is 4.88 Å². The van der Waals surface area contributed by atoms with E-state index in [1.54, 1.807) is 32.7 Å². The zero-order valence-corrected chi connectivity index (χ0v) is 17.7. The molecule has 0 aliphatic heterocycles. The van der Waals surface area contributed by atoms with E-state index < -0.39 is 0 Å². The summed E-state index contributed by atoms with van der Waals surface area (Å²) in [6, 6.07) is 14.4. The number of nitrogens with one attached hydrogen (secondary N) is 1. The fourth-order valence-corrected chi connectivity index (χ4v) is 4.21. The topological polar surface area (TPSA) is 52.6 Å². The first kappa shape index (κ1) is 20.2. The zero-order valence-electron chi connectivity index (χ0n) is 16.9. The minimum absolute atomic E-state index is 0.175. The molecule has 1 heterocycles. The van der Waals surface area contributed by atoms with Crippen LogP contribution >= 0.6 is 11.3 Å². The normalized spacial score (nSPS) is 11.9. The van der Waals surface area contributed by atoms with E-state index >= 15 is 0 Å². The van der Waals surface area contributed by atoms with Crippen LogP contribution < -0.4 is 19.5 Å². The van der Waals surface area contributed by atoms with Crippen LogP contribution in [0.25, 0.3) is 10.6 Å². The first-order chi connectivity index (χ1) is 13.6. The second-order valence-corrected chi connectivity index (χ2v) is 7.50. The summed E-state index contributed by atoms with van der Waals surface area (Å²) in [5, 5.41) is 4.63. The van der Waals surface area contributed by atoms with Crippen molar-refractivity contribution in [1.82, 2.24) is 10.3 Å². The molecule has 1 atom stereocenters. The molecule has 0 saturated carbocycles. The monoisotopic (exact) mass is 398 g/mol. The molecule has 1 N–H and O–H groups in total. The third kappa shape index (κ3) is 4.29. The van der Waals surface area contributed by atoms with Crippen molar-refractivity contribution >= 4 is 11.3 Å². The van der Waals surface area contributed by atoms with Crippen molar-refractivity contribution in [2.24, 2.45) is 0 Å². The summed E-state index contributed by atoms with van der Waals surface area (Å²) in [6.45, 7) is 4.90. The second-order valence-electron chi connectivity index (χ2n) is 6.47. The molecular weight excluding hydrogens is 372 g/mol. The number of nitrogens with zero attached hydrogens (tertiary/aromatic N) is 1. The van der Waals surface area contributed by atoms with Gasteiger partial charge in [0.05, 0.1) is 27.0 Å². The van der Waals surface area contributed by atoms with Crippen molar-refractivity contribution in [2.75, 3.05) is 21.3 Å². The van der Waals surface area contributed by atoms with Crippen molar-refractivity contribution in [3.8, 4) is 27.8 Å². The molecule has 3 rings (SSSR count). The molecule has 0 aliphatic rings. The summed E-state index contributed by atoms with van der Waals surface area (Å²) < 4.78 is 16.3. The Bertz CT molecular complexity index is 900. The Morgan fingerprint density at radius 3 is 2.21 bits per heavy atom. The van der Waals surface area contributed by atoms with E-state index in [4.69, 9.17) is 19.2 Å². The van der Waals surface area contributed by atoms with E-state index in [9.17, 15) is 0 Å². The summed E-state index contributed by atoms with van der Waals surface area (Å²) in [5.74, 6) is 1.92. The van der Waals surface area contributed by atoms with Crippen LogP contribution in [0.3, 0.4) is 0 Å². The van der Waals surface area contributed by atoms with Crippen LogP contribution in [0.2, 0.25) is 0 Å². The number of benzene rings is 2. The maximum atomic E-state index is 5.44. The van der Waals surface area contributed by atoms with Crippen molar-refractivity contribution in [3.63, 3.8) is 0 Å². The highest BCUT2D eigenvalue weighted by Gasteiger charge is 2.17. The van der Waals surface area contributed by atoms with Crippen molar-refractivity contribution in [3.05, 3.63) is 58.6 Å². The predicted molar refractivity (Wildman–Crippen MR) is 114 cm³/mol. The molecule has 0 saturated heterocycles. The van der Waals surface area contributed by atoms with Gasteiger partial charge >= 0.3 is 0 Å². The third-order valence-corrected chi connectivity index (χ3v) is 5.97. The highest BCUT2D eigenvalue weighted by molar-refractivity contribution is 7.15. The molecule has 0 aliphatic carbocycles. The van der Waals surface area contributed by atoms with Crippen LogP contribution in [-0.4, -0.2) is 26.3 Å². The van der Waals surface area contributed by atoms with Gasteiger partial charge in [-0.3, -0.25) is 0 Å². The Hall–Kier alpha value is -2.57. The number of aromatic nitrogens is 1. The molecule has 0 bridgehead atoms. The van der Waals surface area contributed by atoms with E-state index in [-0.39, 0.29) is 6.04 Å². The summed E-state index contributed by atoms with van der Waals surface area (Å²) in [4.78, 5) is 6.00. The SMILES string of the molecule is COc1cc(CNC(C)c2sc(-c3ccccc3)nc2C)cc(OC)c1OC. The quantitative estimate of drug-likeness (QED) is 0.579. The molecule has 6 heteroatoms. The molecule has 0 spiro atoms. The van der Waals surface area contributed by atoms with Crippen LogP contribution in [0, 0.1) is 6.92 Å². The van der Waals surface area contributed by atoms with Gasteiger partial charge in [0.2, 0.25) is 5.75 Å². The van der Waals surface area contributed by atoms with Crippen molar-refractivity contribution in [2.45, 2.75) is 26.4 Å². The molecule has 1 unspecified atom stereocenters. The first-order valence-corrected chi connectivity index (χ1v) is 9.94. The first-order valence-electron chi connectivity index (χ1n) is 9.12. The largest absolute Gasteiger partial charge is 0.493 e. The van der Waals surface area contributed by atoms with Crippen LogP contribution in [0.1, 0.15) is 29.1 Å². The number of thiazole rings is 1. The lowest BCUT2D eigenvalue weighted by molar-refractivity contribution is 0.323. The summed E-state index contributed by atoms with van der Waals surface area (Å²) in [5.41, 5.74) is 3.28. The number of hydrogen-bond donors (Lipinski definition) is 1. The smallest absolute Gasteiger partial charge is 0.203 e. The van der Waals surface area contributed by atoms with Gasteiger partial charge in [0.25, 0.3) is 0 Å². The Morgan fingerprint density at radius 1 is 1.00 bits per heavy atom. The van der Waals surface area contributed by atoms with Gasteiger partial charge in [-0.25, -0.2) is 4.98 Å². The third-order valence-electron chi connectivity index (χ3n) is 4.58. The lowest BCUT2D eigenvalue weighted by Crippen LogP contribution is -2.18. The number of aryl methyl sites for hydroxylation is 1. The predicted octanol–water partition coefficient (Wildman–Crippen LogP) is 5.00. The molecule has 0 amide bonds. The van der Waals surface area contributed by atoms with E-state index in [2.05, 4.69) is 31.3 Å². The molecule has 1 aromatic heterocycles. The van der Waals surface area contributed by atoms with Crippen LogP contribution in [-0.2, 0) is 6.54 Å². The number of hydrogen-bond acceptors (Lipinski definition) is 6. The van der Waals surface area contributed by atoms with Crippen LogP contribution in [0.5, 0.6) is 17.2 Å². The fraction of sp³-hybridized carbons (Fsp3) is 0.318. The van der Waals surface area contributed by atoms with E-state index in [0.29, 0.717) is 23.8 Å². The molecule has 5 nitrogen and oxygen atoms in total. The lowest BCUT2D eigenvalue weighted by atomic mass is 10.1. The molecule has 0 radical (unpaired) electrons. The Balaban J connectivity index is 1.76. The Morgan fingerprint density at radius 2 is 1.64 bits per heavy atom. The highest BCUT2D eigenvalue weighted by atomic mass is 32.1. The maximum absolute atomic E-state index is 5.44. The number of methoxy groups -OCH3 is 3. The van der Waals surface area contributed by atoms with Gasteiger partial charge in [-0.2, -0.15) is 0 Å². The van der Waals surface area contributed by atoms with E-state index in [1.807, 2.05) is 30.3 Å². The average Bonchev–Trinajstić information content (AvgIpc) is 3.13. The van der Waals surface area contributed by atoms with Gasteiger partial charge in [-0.1, -0.05) is 30.3 Å². The number of rotatable bonds is 8. The molecule has 2 aromatic carbocycles. The van der Waals surface area contributed by atoms with Crippen molar-refractivity contribution < 1.29 is 14.2 Å². The zero-order chi connectivity index (χ0) is 20.1. The Kier molecular flexibility index (Phi) is 6.54. The fourth-order valence-electron chi connectivity index (χ4n) is 3.12. The maximum Gasteiger partial charge on any atom is 0.203 e. The van der Waals surface area contributed by atoms with Gasteiger partial charge in [-0.05, 0) is 31.5 Å². The van der Waals surface area contributed by atoms with Gasteiger partial charge in [0, 0.05) is 23.0 Å². The molecule has 3 aromatic rings. The average molecular weight is 399 g/mol. The van der Waals surface area contributed by atoms with Crippen molar-refractivity contribution in [1.29, 1.82) is 0 Å². The minimum atomic E-state index is 0.175. The molecular formula is C22H26N2O3S. The summed E-state index contributed by atoms with van der Waals surface area (Å²) in [7, 11) is 4.86. The van der Waals surface area contributed by atoms with Gasteiger partial charge in [-0.15, -0.1) is 11.3 Å².